The molecule has 1 rings (SSSR count). The van der Waals surface area contributed by atoms with Crippen LogP contribution in [0.25, 0.3) is 0 Å². The molecule has 0 spiro atoms. The molecule has 1 N–H and O–H groups in total. The van der Waals surface area contributed by atoms with Gasteiger partial charge in [-0.15, -0.1) is 0 Å². The van der Waals surface area contributed by atoms with E-state index in [2.05, 4.69) is 5.32 Å². The Morgan fingerprint density at radius 1 is 1.25 bits per heavy atom. The van der Waals surface area contributed by atoms with Gasteiger partial charge >= 0.3 is 6.18 Å². The smallest absolute Gasteiger partial charge is 0.367 e. The molecule has 6 heteroatoms. The molecule has 2 atom stereocenters. The third kappa shape index (κ3) is 5.09. The van der Waals surface area contributed by atoms with Crippen LogP contribution in [0.15, 0.2) is 24.3 Å². The Kier molecular flexibility index (Phi) is 6.42. The van der Waals surface area contributed by atoms with Gasteiger partial charge in [0.15, 0.2) is 6.10 Å². The van der Waals surface area contributed by atoms with Gasteiger partial charge < -0.3 is 10.1 Å². The van der Waals surface area contributed by atoms with Crippen LogP contribution in [0.1, 0.15) is 31.9 Å². The topological polar surface area (TPSA) is 21.3 Å². The molecule has 0 radical (unpaired) electrons. The molecule has 0 aliphatic rings. The number of halogens is 4. The van der Waals surface area contributed by atoms with Gasteiger partial charge in [-0.25, -0.2) is 4.39 Å². The van der Waals surface area contributed by atoms with Crippen molar-refractivity contribution in [3.63, 3.8) is 0 Å². The fourth-order valence-corrected chi connectivity index (χ4v) is 1.67. The van der Waals surface area contributed by atoms with Crippen molar-refractivity contribution in [1.29, 1.82) is 0 Å². The van der Waals surface area contributed by atoms with E-state index in [1.54, 1.807) is 12.1 Å². The van der Waals surface area contributed by atoms with Crippen molar-refractivity contribution in [2.45, 2.75) is 38.6 Å². The first-order valence-corrected chi connectivity index (χ1v) is 6.52. The van der Waals surface area contributed by atoms with Crippen molar-refractivity contribution in [1.82, 2.24) is 5.32 Å². The summed E-state index contributed by atoms with van der Waals surface area (Å²) in [5.41, 5.74) is 0.315. The first kappa shape index (κ1) is 16.9. The molecule has 0 saturated carbocycles. The second kappa shape index (κ2) is 7.59. The molecule has 0 bridgehead atoms. The Bertz CT molecular complexity index is 408. The SMILES string of the molecule is CCCNC(COC(C)C(F)(F)F)c1ccccc1F. The van der Waals surface area contributed by atoms with Gasteiger partial charge in [0.1, 0.15) is 5.82 Å². The van der Waals surface area contributed by atoms with Crippen molar-refractivity contribution < 1.29 is 22.3 Å². The number of rotatable bonds is 7. The van der Waals surface area contributed by atoms with Gasteiger partial charge in [0, 0.05) is 5.56 Å². The molecule has 114 valence electrons. The van der Waals surface area contributed by atoms with Crippen LogP contribution in [-0.4, -0.2) is 25.4 Å². The van der Waals surface area contributed by atoms with E-state index < -0.39 is 24.1 Å². The lowest BCUT2D eigenvalue weighted by Gasteiger charge is -2.23. The van der Waals surface area contributed by atoms with Crippen molar-refractivity contribution in [2.75, 3.05) is 13.2 Å². The van der Waals surface area contributed by atoms with Gasteiger partial charge in [0.2, 0.25) is 0 Å². The van der Waals surface area contributed by atoms with Gasteiger partial charge in [0.25, 0.3) is 0 Å². The fourth-order valence-electron chi connectivity index (χ4n) is 1.67. The molecule has 0 heterocycles. The van der Waals surface area contributed by atoms with Crippen LogP contribution in [0.2, 0.25) is 0 Å². The van der Waals surface area contributed by atoms with E-state index in [1.165, 1.54) is 12.1 Å². The van der Waals surface area contributed by atoms with Crippen LogP contribution in [-0.2, 0) is 4.74 Å². The minimum Gasteiger partial charge on any atom is -0.367 e. The lowest BCUT2D eigenvalue weighted by molar-refractivity contribution is -0.215. The normalized spacial score (nSPS) is 15.1. The molecule has 0 saturated heterocycles. The second-order valence-electron chi connectivity index (χ2n) is 4.55. The molecule has 2 nitrogen and oxygen atoms in total. The summed E-state index contributed by atoms with van der Waals surface area (Å²) in [5.74, 6) is -0.454. The third-order valence-corrected chi connectivity index (χ3v) is 2.90. The molecule has 0 amide bonds. The largest absolute Gasteiger partial charge is 0.414 e. The van der Waals surface area contributed by atoms with Gasteiger partial charge in [0.05, 0.1) is 12.6 Å². The zero-order valence-electron chi connectivity index (χ0n) is 11.5. The molecule has 0 aliphatic carbocycles. The monoisotopic (exact) mass is 293 g/mol. The molecule has 0 aromatic heterocycles. The summed E-state index contributed by atoms with van der Waals surface area (Å²) >= 11 is 0. The molecular weight excluding hydrogens is 274 g/mol. The van der Waals surface area contributed by atoms with Crippen LogP contribution in [0.3, 0.4) is 0 Å². The highest BCUT2D eigenvalue weighted by Gasteiger charge is 2.37. The average Bonchev–Trinajstić information content (AvgIpc) is 2.38. The molecule has 1 aromatic carbocycles. The van der Waals surface area contributed by atoms with Crippen LogP contribution in [0.4, 0.5) is 17.6 Å². The maximum atomic E-state index is 13.7. The van der Waals surface area contributed by atoms with E-state index in [0.29, 0.717) is 12.1 Å². The highest BCUT2D eigenvalue weighted by molar-refractivity contribution is 5.21. The van der Waals surface area contributed by atoms with E-state index in [4.69, 9.17) is 4.74 Å². The van der Waals surface area contributed by atoms with E-state index >= 15 is 0 Å². The van der Waals surface area contributed by atoms with Crippen LogP contribution >= 0.6 is 0 Å². The Morgan fingerprint density at radius 3 is 2.45 bits per heavy atom. The summed E-state index contributed by atoms with van der Waals surface area (Å²) in [6.45, 7) is 3.20. The molecular formula is C14H19F4NO. The maximum Gasteiger partial charge on any atom is 0.414 e. The summed E-state index contributed by atoms with van der Waals surface area (Å²) in [6, 6.07) is 5.41. The molecule has 2 unspecified atom stereocenters. The van der Waals surface area contributed by atoms with Gasteiger partial charge in [-0.2, -0.15) is 13.2 Å². The summed E-state index contributed by atoms with van der Waals surface area (Å²) < 4.78 is 55.8. The van der Waals surface area contributed by atoms with Crippen molar-refractivity contribution in [3.8, 4) is 0 Å². The predicted octanol–water partition coefficient (Wildman–Crippen LogP) is 3.83. The summed E-state index contributed by atoms with van der Waals surface area (Å²) in [4.78, 5) is 0. The van der Waals surface area contributed by atoms with Gasteiger partial charge in [-0.05, 0) is 26.0 Å². The zero-order valence-corrected chi connectivity index (χ0v) is 11.5. The van der Waals surface area contributed by atoms with Crippen LogP contribution in [0.5, 0.6) is 0 Å². The Hall–Kier alpha value is -1.14. The number of ether oxygens (including phenoxy) is 1. The molecule has 0 aliphatic heterocycles. The lowest BCUT2D eigenvalue weighted by atomic mass is 10.1. The van der Waals surface area contributed by atoms with Crippen molar-refractivity contribution in [2.24, 2.45) is 0 Å². The second-order valence-corrected chi connectivity index (χ2v) is 4.55. The Morgan fingerprint density at radius 2 is 1.90 bits per heavy atom. The summed E-state index contributed by atoms with van der Waals surface area (Å²) in [5, 5.41) is 3.00. The quantitative estimate of drug-likeness (QED) is 0.771. The third-order valence-electron chi connectivity index (χ3n) is 2.90. The number of benzene rings is 1. The Labute approximate surface area is 116 Å². The van der Waals surface area contributed by atoms with Crippen LogP contribution < -0.4 is 5.32 Å². The van der Waals surface area contributed by atoms with E-state index in [9.17, 15) is 17.6 Å². The van der Waals surface area contributed by atoms with Crippen molar-refractivity contribution >= 4 is 0 Å². The summed E-state index contributed by atoms with van der Waals surface area (Å²) in [6.07, 6.45) is -5.50. The maximum absolute atomic E-state index is 13.7. The first-order valence-electron chi connectivity index (χ1n) is 6.52. The minimum absolute atomic E-state index is 0.235. The Balaban J connectivity index is 2.73. The zero-order chi connectivity index (χ0) is 15.2. The van der Waals surface area contributed by atoms with Crippen molar-refractivity contribution in [3.05, 3.63) is 35.6 Å². The highest BCUT2D eigenvalue weighted by Crippen LogP contribution is 2.24. The summed E-state index contributed by atoms with van der Waals surface area (Å²) in [7, 11) is 0. The minimum atomic E-state index is -4.41. The molecule has 20 heavy (non-hydrogen) atoms. The number of alkyl halides is 3. The first-order chi connectivity index (χ1) is 9.36. The van der Waals surface area contributed by atoms with Crippen LogP contribution in [0, 0.1) is 5.82 Å². The van der Waals surface area contributed by atoms with E-state index in [-0.39, 0.29) is 6.61 Å². The van der Waals surface area contributed by atoms with Gasteiger partial charge in [-0.3, -0.25) is 0 Å². The number of nitrogens with one attached hydrogen (secondary N) is 1. The van der Waals surface area contributed by atoms with Gasteiger partial charge in [-0.1, -0.05) is 25.1 Å². The predicted molar refractivity (Wildman–Crippen MR) is 68.9 cm³/mol. The average molecular weight is 293 g/mol. The van der Waals surface area contributed by atoms with E-state index in [0.717, 1.165) is 13.3 Å². The highest BCUT2D eigenvalue weighted by atomic mass is 19.4. The van der Waals surface area contributed by atoms with E-state index in [1.807, 2.05) is 6.92 Å². The number of hydrogen-bond acceptors (Lipinski definition) is 2. The molecule has 0 fully saturated rings. The number of hydrogen-bond donors (Lipinski definition) is 1. The molecule has 1 aromatic rings. The standard InChI is InChI=1S/C14H19F4NO/c1-3-8-19-13(9-20-10(2)14(16,17)18)11-6-4-5-7-12(11)15/h4-7,10,13,19H,3,8-9H2,1-2H3. The lowest BCUT2D eigenvalue weighted by Crippen LogP contribution is -2.34. The fraction of sp³-hybridized carbons (Fsp3) is 0.571.